The number of anilines is 1. The number of amides is 1. The summed E-state index contributed by atoms with van der Waals surface area (Å²) in [5, 5.41) is 9.10. The van der Waals surface area contributed by atoms with Gasteiger partial charge in [0.05, 0.1) is 23.2 Å². The van der Waals surface area contributed by atoms with Crippen molar-refractivity contribution in [3.05, 3.63) is 65.2 Å². The fourth-order valence-electron chi connectivity index (χ4n) is 6.18. The molecule has 0 aliphatic carbocycles. The molecule has 190 valence electrons. The van der Waals surface area contributed by atoms with E-state index in [2.05, 4.69) is 17.0 Å². The van der Waals surface area contributed by atoms with Gasteiger partial charge in [-0.3, -0.25) is 9.69 Å². The van der Waals surface area contributed by atoms with E-state index in [1.165, 1.54) is 11.6 Å². The van der Waals surface area contributed by atoms with Crippen LogP contribution in [0.2, 0.25) is 0 Å². The van der Waals surface area contributed by atoms with Crippen LogP contribution in [-0.2, 0) is 17.5 Å². The van der Waals surface area contributed by atoms with E-state index in [1.54, 1.807) is 12.1 Å². The van der Waals surface area contributed by atoms with Crippen molar-refractivity contribution in [2.45, 2.75) is 50.9 Å². The van der Waals surface area contributed by atoms with Gasteiger partial charge in [0.25, 0.3) is 0 Å². The second-order valence-corrected chi connectivity index (χ2v) is 10.5. The fourth-order valence-corrected chi connectivity index (χ4v) is 6.18. The van der Waals surface area contributed by atoms with Gasteiger partial charge in [0.1, 0.15) is 0 Å². The number of hydrogen-bond donors (Lipinski definition) is 0. The largest absolute Gasteiger partial charge is 0.417 e. The lowest BCUT2D eigenvalue weighted by atomic mass is 9.76. The van der Waals surface area contributed by atoms with Crippen molar-refractivity contribution in [2.24, 2.45) is 5.41 Å². The first-order valence-corrected chi connectivity index (χ1v) is 12.7. The monoisotopic (exact) mass is 496 g/mol. The average molecular weight is 497 g/mol. The van der Waals surface area contributed by atoms with Crippen LogP contribution in [0.5, 0.6) is 0 Å². The van der Waals surface area contributed by atoms with Crippen molar-refractivity contribution in [1.29, 1.82) is 5.26 Å². The Balaban J connectivity index is 1.33. The van der Waals surface area contributed by atoms with E-state index in [0.717, 1.165) is 64.3 Å². The number of rotatable bonds is 4. The van der Waals surface area contributed by atoms with Gasteiger partial charge in [-0.15, -0.1) is 0 Å². The summed E-state index contributed by atoms with van der Waals surface area (Å²) in [5.74, 6) is 0.227. The molecule has 8 heteroatoms. The van der Waals surface area contributed by atoms with Crippen LogP contribution in [0.4, 0.5) is 18.9 Å². The summed E-state index contributed by atoms with van der Waals surface area (Å²) in [6.07, 6.45) is -0.00877. The minimum absolute atomic E-state index is 0.0230. The molecule has 1 unspecified atom stereocenters. The summed E-state index contributed by atoms with van der Waals surface area (Å²) in [7, 11) is 0. The van der Waals surface area contributed by atoms with E-state index in [9.17, 15) is 18.0 Å². The highest BCUT2D eigenvalue weighted by atomic mass is 19.4. The van der Waals surface area contributed by atoms with Crippen LogP contribution < -0.4 is 4.90 Å². The minimum atomic E-state index is -4.56. The third kappa shape index (κ3) is 4.94. The van der Waals surface area contributed by atoms with Crippen LogP contribution in [0.3, 0.4) is 0 Å². The summed E-state index contributed by atoms with van der Waals surface area (Å²) in [5.41, 5.74) is 0.429. The molecule has 0 N–H and O–H groups in total. The normalized spacial score (nSPS) is 22.2. The number of carbonyl (C=O) groups excluding carboxylic acids is 1. The molecule has 0 bridgehead atoms. The lowest BCUT2D eigenvalue weighted by Gasteiger charge is -2.40. The third-order valence-electron chi connectivity index (χ3n) is 8.16. The highest BCUT2D eigenvalue weighted by Gasteiger charge is 2.49. The third-order valence-corrected chi connectivity index (χ3v) is 8.16. The second kappa shape index (κ2) is 9.78. The SMILES string of the molecule is N#Cc1ccc(N2CCC3(CC2)CC(C(=O)N2CCCC2)N(Cc2ccccc2)C3)cc1C(F)(F)F. The van der Waals surface area contributed by atoms with Crippen LogP contribution in [0.15, 0.2) is 48.5 Å². The fraction of sp³-hybridized carbons (Fsp3) is 0.500. The number of nitriles is 1. The molecule has 36 heavy (non-hydrogen) atoms. The molecule has 1 atom stereocenters. The predicted octanol–water partition coefficient (Wildman–Crippen LogP) is 5.06. The molecule has 3 heterocycles. The Labute approximate surface area is 210 Å². The first kappa shape index (κ1) is 24.6. The molecular formula is C28H31F3N4O. The molecule has 3 fully saturated rings. The maximum absolute atomic E-state index is 13.5. The van der Waals surface area contributed by atoms with Crippen LogP contribution in [0, 0.1) is 16.7 Å². The Kier molecular flexibility index (Phi) is 6.69. The van der Waals surface area contributed by atoms with E-state index < -0.39 is 11.7 Å². The lowest BCUT2D eigenvalue weighted by molar-refractivity contribution is -0.138. The van der Waals surface area contributed by atoms with Crippen LogP contribution in [0.25, 0.3) is 0 Å². The van der Waals surface area contributed by atoms with Gasteiger partial charge < -0.3 is 9.80 Å². The van der Waals surface area contributed by atoms with Crippen molar-refractivity contribution >= 4 is 11.6 Å². The van der Waals surface area contributed by atoms with E-state index in [1.807, 2.05) is 28.0 Å². The average Bonchev–Trinajstić information content (AvgIpc) is 3.53. The first-order valence-electron chi connectivity index (χ1n) is 12.7. The molecule has 0 radical (unpaired) electrons. The Morgan fingerprint density at radius 1 is 1.03 bits per heavy atom. The molecule has 1 amide bonds. The van der Waals surface area contributed by atoms with Gasteiger partial charge in [-0.1, -0.05) is 30.3 Å². The summed E-state index contributed by atoms with van der Waals surface area (Å²) >= 11 is 0. The molecule has 3 saturated heterocycles. The molecule has 3 aliphatic rings. The standard InChI is InChI=1S/C28H31F3N4O/c29-28(30,31)24-16-23(9-8-22(24)18-32)33-14-10-27(11-15-33)17-25(26(36)34-12-4-5-13-34)35(20-27)19-21-6-2-1-3-7-21/h1-3,6-9,16,25H,4-5,10-15,17,19-20H2. The number of halogens is 3. The summed E-state index contributed by atoms with van der Waals surface area (Å²) in [6, 6.07) is 15.7. The van der Waals surface area contributed by atoms with Crippen molar-refractivity contribution < 1.29 is 18.0 Å². The Hall–Kier alpha value is -3.05. The zero-order valence-electron chi connectivity index (χ0n) is 20.3. The highest BCUT2D eigenvalue weighted by Crippen LogP contribution is 2.45. The maximum Gasteiger partial charge on any atom is 0.417 e. The van der Waals surface area contributed by atoms with Crippen molar-refractivity contribution in [2.75, 3.05) is 37.6 Å². The molecule has 2 aromatic rings. The molecule has 3 aliphatic heterocycles. The van der Waals surface area contributed by atoms with Gasteiger partial charge in [0, 0.05) is 45.0 Å². The number of hydrogen-bond acceptors (Lipinski definition) is 4. The highest BCUT2D eigenvalue weighted by molar-refractivity contribution is 5.82. The Bertz CT molecular complexity index is 1130. The van der Waals surface area contributed by atoms with Gasteiger partial charge in [0.15, 0.2) is 0 Å². The number of nitrogens with zero attached hydrogens (tertiary/aromatic N) is 4. The molecule has 5 rings (SSSR count). The van der Waals surface area contributed by atoms with Crippen molar-refractivity contribution in [3.8, 4) is 6.07 Å². The maximum atomic E-state index is 13.5. The smallest absolute Gasteiger partial charge is 0.371 e. The molecular weight excluding hydrogens is 465 g/mol. The molecule has 5 nitrogen and oxygen atoms in total. The topological polar surface area (TPSA) is 50.6 Å². The second-order valence-electron chi connectivity index (χ2n) is 10.5. The predicted molar refractivity (Wildman–Crippen MR) is 131 cm³/mol. The van der Waals surface area contributed by atoms with Crippen LogP contribution in [-0.4, -0.2) is 54.5 Å². The van der Waals surface area contributed by atoms with Gasteiger partial charge in [0.2, 0.25) is 5.91 Å². The molecule has 1 spiro atoms. The Morgan fingerprint density at radius 2 is 1.72 bits per heavy atom. The number of carbonyl (C=O) groups is 1. The summed E-state index contributed by atoms with van der Waals surface area (Å²) in [6.45, 7) is 4.47. The number of alkyl halides is 3. The van der Waals surface area contributed by atoms with Gasteiger partial charge in [-0.05, 0) is 61.3 Å². The molecule has 2 aromatic carbocycles. The van der Waals surface area contributed by atoms with Crippen molar-refractivity contribution in [1.82, 2.24) is 9.80 Å². The van der Waals surface area contributed by atoms with Crippen molar-refractivity contribution in [3.63, 3.8) is 0 Å². The number of piperidine rings is 1. The Morgan fingerprint density at radius 3 is 2.36 bits per heavy atom. The zero-order valence-corrected chi connectivity index (χ0v) is 20.3. The van der Waals surface area contributed by atoms with E-state index in [4.69, 9.17) is 5.26 Å². The van der Waals surface area contributed by atoms with E-state index in [0.29, 0.717) is 18.8 Å². The van der Waals surface area contributed by atoms with Gasteiger partial charge >= 0.3 is 6.18 Å². The van der Waals surface area contributed by atoms with Crippen LogP contribution in [0.1, 0.15) is 48.8 Å². The molecule has 0 aromatic heterocycles. The van der Waals surface area contributed by atoms with E-state index >= 15 is 0 Å². The summed E-state index contributed by atoms with van der Waals surface area (Å²) < 4.78 is 40.4. The quantitative estimate of drug-likeness (QED) is 0.594. The zero-order chi connectivity index (χ0) is 25.3. The minimum Gasteiger partial charge on any atom is -0.371 e. The number of likely N-dealkylation sites (tertiary alicyclic amines) is 2. The first-order chi connectivity index (χ1) is 17.3. The van der Waals surface area contributed by atoms with Gasteiger partial charge in [-0.2, -0.15) is 18.4 Å². The van der Waals surface area contributed by atoms with E-state index in [-0.39, 0.29) is 22.9 Å². The number of benzene rings is 2. The summed E-state index contributed by atoms with van der Waals surface area (Å²) in [4.78, 5) is 19.8. The lowest BCUT2D eigenvalue weighted by Crippen LogP contribution is -2.44. The van der Waals surface area contributed by atoms with Gasteiger partial charge in [-0.25, -0.2) is 0 Å². The molecule has 0 saturated carbocycles. The van der Waals surface area contributed by atoms with Crippen LogP contribution >= 0.6 is 0 Å².